The first-order valence-corrected chi connectivity index (χ1v) is 10.8. The first kappa shape index (κ1) is 23.3. The number of carbonyl (C=O) groups is 1. The zero-order chi connectivity index (χ0) is 23.1. The molecule has 32 heavy (non-hydrogen) atoms. The third-order valence-electron chi connectivity index (χ3n) is 5.70. The van der Waals surface area contributed by atoms with E-state index in [1.807, 2.05) is 0 Å². The summed E-state index contributed by atoms with van der Waals surface area (Å²) in [6.45, 7) is 5.62. The molecule has 1 amide bonds. The van der Waals surface area contributed by atoms with Crippen molar-refractivity contribution >= 4 is 17.7 Å². The summed E-state index contributed by atoms with van der Waals surface area (Å²) in [5.41, 5.74) is 4.55. The molecule has 1 atom stereocenters. The number of hydrogen-bond acceptors (Lipinski definition) is 5. The van der Waals surface area contributed by atoms with Crippen LogP contribution in [0.3, 0.4) is 0 Å². The Morgan fingerprint density at radius 3 is 2.47 bits per heavy atom. The van der Waals surface area contributed by atoms with Crippen LogP contribution in [0.25, 0.3) is 6.08 Å². The van der Waals surface area contributed by atoms with Gasteiger partial charge in [0.15, 0.2) is 11.5 Å². The first-order chi connectivity index (χ1) is 15.5. The van der Waals surface area contributed by atoms with E-state index in [0.29, 0.717) is 36.3 Å². The molecule has 6 nitrogen and oxygen atoms in total. The van der Waals surface area contributed by atoms with E-state index in [0.717, 1.165) is 12.0 Å². The van der Waals surface area contributed by atoms with Crippen molar-refractivity contribution in [1.29, 1.82) is 0 Å². The topological polar surface area (TPSA) is 60.0 Å². The molecule has 0 bridgehead atoms. The van der Waals surface area contributed by atoms with Crippen LogP contribution in [0.5, 0.6) is 17.2 Å². The number of carbonyl (C=O) groups excluding carboxylic acids is 1. The molecule has 0 saturated carbocycles. The van der Waals surface area contributed by atoms with Crippen LogP contribution in [-0.2, 0) is 4.79 Å². The first-order valence-electron chi connectivity index (χ1n) is 10.8. The van der Waals surface area contributed by atoms with Gasteiger partial charge >= 0.3 is 0 Å². The number of methoxy groups -OCH3 is 3. The van der Waals surface area contributed by atoms with Gasteiger partial charge in [-0.05, 0) is 54.7 Å². The number of hydrogen-bond donors (Lipinski definition) is 1. The van der Waals surface area contributed by atoms with Crippen molar-refractivity contribution in [2.75, 3.05) is 39.3 Å². The number of anilines is 1. The van der Waals surface area contributed by atoms with Crippen LogP contribution in [0.2, 0.25) is 0 Å². The fourth-order valence-corrected chi connectivity index (χ4v) is 3.94. The number of benzene rings is 2. The molecule has 3 rings (SSSR count). The number of amides is 1. The number of nitrogens with one attached hydrogen (secondary N) is 1. The summed E-state index contributed by atoms with van der Waals surface area (Å²) in [6.07, 6.45) is 6.54. The molecule has 0 fully saturated rings. The zero-order valence-corrected chi connectivity index (χ0v) is 19.5. The average Bonchev–Trinajstić information content (AvgIpc) is 2.93. The van der Waals surface area contributed by atoms with Gasteiger partial charge in [0, 0.05) is 30.5 Å². The molecule has 6 heteroatoms. The quantitative estimate of drug-likeness (QED) is 0.605. The van der Waals surface area contributed by atoms with E-state index >= 15 is 0 Å². The molecule has 1 heterocycles. The summed E-state index contributed by atoms with van der Waals surface area (Å²) in [5.74, 6) is 1.93. The Bertz CT molecular complexity index is 988. The van der Waals surface area contributed by atoms with Crippen molar-refractivity contribution in [3.05, 3.63) is 65.4 Å². The standard InChI is InChI=1S/C26H32N2O4/c1-18-10-11-19(2)28(22-9-7-6-8-21(18)22)15-14-27-25(29)13-12-20-16-23(30-3)26(32-5)24(17-20)31-4/h6-9,11-13,16-18H,10,14-15H2,1-5H3,(H,27,29). The number of allylic oxidation sites excluding steroid dienone is 2. The van der Waals surface area contributed by atoms with Crippen LogP contribution in [0.1, 0.15) is 37.3 Å². The van der Waals surface area contributed by atoms with Crippen LogP contribution in [0.4, 0.5) is 5.69 Å². The summed E-state index contributed by atoms with van der Waals surface area (Å²) in [6, 6.07) is 12.1. The minimum absolute atomic E-state index is 0.156. The second-order valence-corrected chi connectivity index (χ2v) is 7.78. The predicted molar refractivity (Wildman–Crippen MR) is 129 cm³/mol. The van der Waals surface area contributed by atoms with Gasteiger partial charge in [-0.25, -0.2) is 0 Å². The van der Waals surface area contributed by atoms with E-state index in [4.69, 9.17) is 14.2 Å². The van der Waals surface area contributed by atoms with Crippen LogP contribution >= 0.6 is 0 Å². The Morgan fingerprint density at radius 2 is 1.81 bits per heavy atom. The molecule has 1 unspecified atom stereocenters. The highest BCUT2D eigenvalue weighted by Gasteiger charge is 2.19. The molecule has 170 valence electrons. The van der Waals surface area contributed by atoms with Gasteiger partial charge in [0.05, 0.1) is 21.3 Å². The Labute approximate surface area is 190 Å². The molecular formula is C26H32N2O4. The number of para-hydroxylation sites is 1. The lowest BCUT2D eigenvalue weighted by molar-refractivity contribution is -0.116. The maximum atomic E-state index is 12.4. The van der Waals surface area contributed by atoms with Crippen molar-refractivity contribution in [3.63, 3.8) is 0 Å². The third-order valence-corrected chi connectivity index (χ3v) is 5.70. The molecule has 0 spiro atoms. The van der Waals surface area contributed by atoms with E-state index in [9.17, 15) is 4.79 Å². The predicted octanol–water partition coefficient (Wildman–Crippen LogP) is 4.76. The van der Waals surface area contributed by atoms with E-state index in [2.05, 4.69) is 54.4 Å². The lowest BCUT2D eigenvalue weighted by Gasteiger charge is -2.27. The Morgan fingerprint density at radius 1 is 1.12 bits per heavy atom. The van der Waals surface area contributed by atoms with Gasteiger partial charge in [-0.2, -0.15) is 0 Å². The molecule has 0 saturated heterocycles. The van der Waals surface area contributed by atoms with Gasteiger partial charge in [0.2, 0.25) is 11.7 Å². The van der Waals surface area contributed by atoms with E-state index < -0.39 is 0 Å². The van der Waals surface area contributed by atoms with Crippen molar-refractivity contribution in [2.24, 2.45) is 0 Å². The van der Waals surface area contributed by atoms with Gasteiger partial charge in [-0.15, -0.1) is 0 Å². The summed E-state index contributed by atoms with van der Waals surface area (Å²) in [5, 5.41) is 2.98. The SMILES string of the molecule is COc1cc(C=CC(=O)NCCN2C(C)=CCC(C)c3ccccc32)cc(OC)c1OC. The fourth-order valence-electron chi connectivity index (χ4n) is 3.94. The van der Waals surface area contributed by atoms with Crippen LogP contribution in [-0.4, -0.2) is 40.3 Å². The van der Waals surface area contributed by atoms with Gasteiger partial charge in [0.1, 0.15) is 0 Å². The van der Waals surface area contributed by atoms with Gasteiger partial charge in [-0.1, -0.05) is 31.2 Å². The smallest absolute Gasteiger partial charge is 0.244 e. The highest BCUT2D eigenvalue weighted by molar-refractivity contribution is 5.92. The largest absolute Gasteiger partial charge is 0.493 e. The molecular weight excluding hydrogens is 404 g/mol. The Balaban J connectivity index is 1.64. The molecule has 2 aromatic carbocycles. The molecule has 1 aliphatic rings. The van der Waals surface area contributed by atoms with Crippen molar-refractivity contribution in [2.45, 2.75) is 26.2 Å². The lowest BCUT2D eigenvalue weighted by atomic mass is 9.97. The maximum absolute atomic E-state index is 12.4. The lowest BCUT2D eigenvalue weighted by Crippen LogP contribution is -2.33. The number of fused-ring (bicyclic) bond motifs is 1. The van der Waals surface area contributed by atoms with Gasteiger partial charge in [0.25, 0.3) is 0 Å². The molecule has 0 aromatic heterocycles. The van der Waals surface area contributed by atoms with Crippen molar-refractivity contribution in [1.82, 2.24) is 5.32 Å². The fraction of sp³-hybridized carbons (Fsp3) is 0.346. The number of rotatable bonds is 8. The summed E-state index contributed by atoms with van der Waals surface area (Å²) >= 11 is 0. The number of nitrogens with zero attached hydrogens (tertiary/aromatic N) is 1. The summed E-state index contributed by atoms with van der Waals surface area (Å²) in [4.78, 5) is 14.7. The molecule has 1 aliphatic heterocycles. The summed E-state index contributed by atoms with van der Waals surface area (Å²) < 4.78 is 16.1. The van der Waals surface area contributed by atoms with Crippen LogP contribution in [0.15, 0.2) is 54.2 Å². The average molecular weight is 437 g/mol. The van der Waals surface area contributed by atoms with Gasteiger partial charge in [-0.3, -0.25) is 4.79 Å². The minimum atomic E-state index is -0.156. The second-order valence-electron chi connectivity index (χ2n) is 7.78. The number of ether oxygens (including phenoxy) is 3. The van der Waals surface area contributed by atoms with Crippen LogP contribution < -0.4 is 24.4 Å². The second kappa shape index (κ2) is 10.8. The molecule has 1 N–H and O–H groups in total. The van der Waals surface area contributed by atoms with E-state index in [-0.39, 0.29) is 5.91 Å². The highest BCUT2D eigenvalue weighted by Crippen LogP contribution is 2.38. The molecule has 0 radical (unpaired) electrons. The third kappa shape index (κ3) is 5.25. The molecule has 0 aliphatic carbocycles. The van der Waals surface area contributed by atoms with E-state index in [1.165, 1.54) is 23.0 Å². The highest BCUT2D eigenvalue weighted by atomic mass is 16.5. The van der Waals surface area contributed by atoms with Crippen molar-refractivity contribution in [3.8, 4) is 17.2 Å². The maximum Gasteiger partial charge on any atom is 0.244 e. The normalized spacial score (nSPS) is 15.6. The van der Waals surface area contributed by atoms with Gasteiger partial charge < -0.3 is 24.4 Å². The van der Waals surface area contributed by atoms with E-state index in [1.54, 1.807) is 39.5 Å². The monoisotopic (exact) mass is 436 g/mol. The Hall–Kier alpha value is -3.41. The summed E-state index contributed by atoms with van der Waals surface area (Å²) in [7, 11) is 4.69. The van der Waals surface area contributed by atoms with Crippen LogP contribution in [0, 0.1) is 0 Å². The zero-order valence-electron chi connectivity index (χ0n) is 19.5. The Kier molecular flexibility index (Phi) is 7.82. The molecule has 2 aromatic rings. The van der Waals surface area contributed by atoms with Crippen molar-refractivity contribution < 1.29 is 19.0 Å². The minimum Gasteiger partial charge on any atom is -0.493 e.